The third-order valence-electron chi connectivity index (χ3n) is 2.66. The zero-order valence-corrected chi connectivity index (χ0v) is 11.8. The van der Waals surface area contributed by atoms with E-state index >= 15 is 0 Å². The molecular weight excluding hydrogens is 242 g/mol. The highest BCUT2D eigenvalue weighted by atomic mass is 16.5. The Hall–Kier alpha value is -1.91. The van der Waals surface area contributed by atoms with Gasteiger partial charge in [-0.25, -0.2) is 0 Å². The van der Waals surface area contributed by atoms with E-state index in [0.717, 1.165) is 5.69 Å². The van der Waals surface area contributed by atoms with Crippen LogP contribution in [0.5, 0.6) is 5.75 Å². The molecule has 106 valence electrons. The average molecular weight is 265 g/mol. The second kappa shape index (κ2) is 7.51. The Balaban J connectivity index is 2.39. The normalized spacial score (nSPS) is 10.3. The van der Waals surface area contributed by atoms with Gasteiger partial charge in [0.2, 0.25) is 5.91 Å². The molecule has 0 saturated heterocycles. The fourth-order valence-corrected chi connectivity index (χ4v) is 1.59. The Bertz CT molecular complexity index is 419. The number of methoxy groups -OCH3 is 1. The van der Waals surface area contributed by atoms with E-state index in [0.29, 0.717) is 36.9 Å². The first-order chi connectivity index (χ1) is 9.04. The maximum absolute atomic E-state index is 11.5. The second-order valence-corrected chi connectivity index (χ2v) is 4.80. The third-order valence-corrected chi connectivity index (χ3v) is 2.66. The van der Waals surface area contributed by atoms with Crippen molar-refractivity contribution in [3.05, 3.63) is 18.2 Å². The van der Waals surface area contributed by atoms with Crippen molar-refractivity contribution in [3.8, 4) is 5.75 Å². The van der Waals surface area contributed by atoms with Crippen molar-refractivity contribution in [2.45, 2.75) is 20.3 Å². The Morgan fingerprint density at radius 3 is 2.79 bits per heavy atom. The van der Waals surface area contributed by atoms with Gasteiger partial charge in [-0.1, -0.05) is 19.9 Å². The van der Waals surface area contributed by atoms with Gasteiger partial charge in [0.1, 0.15) is 5.75 Å². The standard InChI is InChI=1S/C14H23N3O2/c1-10(2)9-17-13(18)7-8-16-11-5-4-6-12(19-3)14(11)15/h4-6,10,16H,7-9,15H2,1-3H3,(H,17,18). The number of para-hydroxylation sites is 1. The number of anilines is 2. The maximum Gasteiger partial charge on any atom is 0.221 e. The summed E-state index contributed by atoms with van der Waals surface area (Å²) < 4.78 is 5.13. The molecule has 4 N–H and O–H groups in total. The van der Waals surface area contributed by atoms with Crippen LogP contribution in [0.25, 0.3) is 0 Å². The molecule has 0 saturated carbocycles. The van der Waals surface area contributed by atoms with Gasteiger partial charge in [0, 0.05) is 19.5 Å². The summed E-state index contributed by atoms with van der Waals surface area (Å²) in [5.74, 6) is 1.14. The monoisotopic (exact) mass is 265 g/mol. The van der Waals surface area contributed by atoms with Crippen LogP contribution in [0.1, 0.15) is 20.3 Å². The lowest BCUT2D eigenvalue weighted by Gasteiger charge is -2.12. The highest BCUT2D eigenvalue weighted by molar-refractivity contribution is 5.77. The van der Waals surface area contributed by atoms with Gasteiger partial charge in [-0.2, -0.15) is 0 Å². The molecule has 0 radical (unpaired) electrons. The number of ether oxygens (including phenoxy) is 1. The SMILES string of the molecule is COc1cccc(NCCC(=O)NCC(C)C)c1N. The maximum atomic E-state index is 11.5. The fraction of sp³-hybridized carbons (Fsp3) is 0.500. The number of nitrogens with two attached hydrogens (primary N) is 1. The largest absolute Gasteiger partial charge is 0.495 e. The van der Waals surface area contributed by atoms with E-state index in [4.69, 9.17) is 10.5 Å². The Morgan fingerprint density at radius 1 is 1.42 bits per heavy atom. The number of nitrogens with one attached hydrogen (secondary N) is 2. The molecular formula is C14H23N3O2. The van der Waals surface area contributed by atoms with Crippen molar-refractivity contribution in [1.29, 1.82) is 0 Å². The minimum atomic E-state index is 0.0441. The Morgan fingerprint density at radius 2 is 2.16 bits per heavy atom. The highest BCUT2D eigenvalue weighted by Crippen LogP contribution is 2.28. The number of nitrogen functional groups attached to an aromatic ring is 1. The Labute approximate surface area is 114 Å². The molecule has 1 rings (SSSR count). The first-order valence-electron chi connectivity index (χ1n) is 6.47. The van der Waals surface area contributed by atoms with Crippen molar-refractivity contribution in [2.75, 3.05) is 31.2 Å². The quantitative estimate of drug-likeness (QED) is 0.658. The van der Waals surface area contributed by atoms with Gasteiger partial charge in [-0.15, -0.1) is 0 Å². The molecule has 0 unspecified atom stereocenters. The molecule has 0 aliphatic heterocycles. The molecule has 0 heterocycles. The summed E-state index contributed by atoms with van der Waals surface area (Å²) >= 11 is 0. The van der Waals surface area contributed by atoms with E-state index in [1.165, 1.54) is 0 Å². The smallest absolute Gasteiger partial charge is 0.221 e. The van der Waals surface area contributed by atoms with Crippen molar-refractivity contribution in [2.24, 2.45) is 5.92 Å². The zero-order chi connectivity index (χ0) is 14.3. The van der Waals surface area contributed by atoms with Crippen LogP contribution in [0.3, 0.4) is 0 Å². The van der Waals surface area contributed by atoms with Gasteiger partial charge in [0.25, 0.3) is 0 Å². The predicted molar refractivity (Wildman–Crippen MR) is 78.4 cm³/mol. The molecule has 0 aliphatic carbocycles. The van der Waals surface area contributed by atoms with Crippen molar-refractivity contribution >= 4 is 17.3 Å². The van der Waals surface area contributed by atoms with E-state index in [1.807, 2.05) is 12.1 Å². The van der Waals surface area contributed by atoms with Crippen LogP contribution in [-0.2, 0) is 4.79 Å². The van der Waals surface area contributed by atoms with Gasteiger partial charge in [0.15, 0.2) is 0 Å². The van der Waals surface area contributed by atoms with Gasteiger partial charge in [0.05, 0.1) is 18.5 Å². The van der Waals surface area contributed by atoms with Crippen LogP contribution >= 0.6 is 0 Å². The summed E-state index contributed by atoms with van der Waals surface area (Å²) in [7, 11) is 1.58. The molecule has 5 heteroatoms. The van der Waals surface area contributed by atoms with Crippen molar-refractivity contribution < 1.29 is 9.53 Å². The van der Waals surface area contributed by atoms with E-state index in [-0.39, 0.29) is 5.91 Å². The number of amides is 1. The lowest BCUT2D eigenvalue weighted by atomic mass is 10.2. The minimum Gasteiger partial charge on any atom is -0.495 e. The van der Waals surface area contributed by atoms with E-state index in [1.54, 1.807) is 13.2 Å². The van der Waals surface area contributed by atoms with Crippen LogP contribution in [0.15, 0.2) is 18.2 Å². The molecule has 1 aromatic rings. The molecule has 0 fully saturated rings. The van der Waals surface area contributed by atoms with Crippen molar-refractivity contribution in [1.82, 2.24) is 5.32 Å². The van der Waals surface area contributed by atoms with E-state index in [9.17, 15) is 4.79 Å². The zero-order valence-electron chi connectivity index (χ0n) is 11.8. The number of hydrogen-bond donors (Lipinski definition) is 3. The van der Waals surface area contributed by atoms with E-state index in [2.05, 4.69) is 24.5 Å². The fourth-order valence-electron chi connectivity index (χ4n) is 1.59. The number of carbonyl (C=O) groups excluding carboxylic acids is 1. The van der Waals surface area contributed by atoms with Gasteiger partial charge < -0.3 is 21.1 Å². The summed E-state index contributed by atoms with van der Waals surface area (Å²) in [6.07, 6.45) is 0.420. The van der Waals surface area contributed by atoms with Crippen LogP contribution in [0, 0.1) is 5.92 Å². The molecule has 1 amide bonds. The molecule has 5 nitrogen and oxygen atoms in total. The van der Waals surface area contributed by atoms with Gasteiger partial charge in [-0.05, 0) is 18.1 Å². The molecule has 0 atom stereocenters. The second-order valence-electron chi connectivity index (χ2n) is 4.80. The number of carbonyl (C=O) groups is 1. The summed E-state index contributed by atoms with van der Waals surface area (Å²) in [4.78, 5) is 11.5. The molecule has 0 aromatic heterocycles. The number of rotatable bonds is 7. The van der Waals surface area contributed by atoms with E-state index < -0.39 is 0 Å². The van der Waals surface area contributed by atoms with Crippen LogP contribution in [-0.4, -0.2) is 26.1 Å². The summed E-state index contributed by atoms with van der Waals surface area (Å²) in [6, 6.07) is 5.52. The lowest BCUT2D eigenvalue weighted by Crippen LogP contribution is -2.28. The number of benzene rings is 1. The molecule has 0 spiro atoms. The van der Waals surface area contributed by atoms with Gasteiger partial charge >= 0.3 is 0 Å². The first kappa shape index (κ1) is 15.1. The van der Waals surface area contributed by atoms with Crippen LogP contribution in [0.4, 0.5) is 11.4 Å². The third kappa shape index (κ3) is 5.07. The predicted octanol–water partition coefficient (Wildman–Crippen LogP) is 1.85. The highest BCUT2D eigenvalue weighted by Gasteiger charge is 2.06. The topological polar surface area (TPSA) is 76.4 Å². The lowest BCUT2D eigenvalue weighted by molar-refractivity contribution is -0.120. The van der Waals surface area contributed by atoms with Crippen LogP contribution < -0.4 is 21.1 Å². The molecule has 19 heavy (non-hydrogen) atoms. The summed E-state index contributed by atoms with van der Waals surface area (Å²) in [5.41, 5.74) is 7.27. The number of hydrogen-bond acceptors (Lipinski definition) is 4. The van der Waals surface area contributed by atoms with Crippen LogP contribution in [0.2, 0.25) is 0 Å². The average Bonchev–Trinajstić information content (AvgIpc) is 2.38. The first-order valence-corrected chi connectivity index (χ1v) is 6.47. The van der Waals surface area contributed by atoms with Crippen molar-refractivity contribution in [3.63, 3.8) is 0 Å². The molecule has 0 aliphatic rings. The Kier molecular flexibility index (Phi) is 5.99. The molecule has 0 bridgehead atoms. The summed E-state index contributed by atoms with van der Waals surface area (Å²) in [5, 5.41) is 6.01. The van der Waals surface area contributed by atoms with Gasteiger partial charge in [-0.3, -0.25) is 4.79 Å². The minimum absolute atomic E-state index is 0.0441. The molecule has 1 aromatic carbocycles. The summed E-state index contributed by atoms with van der Waals surface area (Å²) in [6.45, 7) is 5.38.